The smallest absolute Gasteiger partial charge is 0.303 e. The number of aromatic nitrogens is 2. The van der Waals surface area contributed by atoms with Gasteiger partial charge >= 0.3 is 5.97 Å². The summed E-state index contributed by atoms with van der Waals surface area (Å²) in [6.07, 6.45) is 11.7. The van der Waals surface area contributed by atoms with Crippen molar-refractivity contribution in [3.8, 4) is 11.5 Å². The van der Waals surface area contributed by atoms with Crippen LogP contribution in [0, 0.1) is 10.8 Å². The van der Waals surface area contributed by atoms with Crippen molar-refractivity contribution in [1.82, 2.24) is 15.6 Å². The quantitative estimate of drug-likeness (QED) is 0.0542. The fraction of sp³-hybridized carbons (Fsp3) is 0.667. The summed E-state index contributed by atoms with van der Waals surface area (Å²) in [7, 11) is 0. The molecule has 4 rings (SSSR count). The first kappa shape index (κ1) is 57.5. The summed E-state index contributed by atoms with van der Waals surface area (Å²) in [5.74, 6) is 0.917. The van der Waals surface area contributed by atoms with Crippen molar-refractivity contribution >= 4 is 57.0 Å². The molecule has 4 N–H and O–H groups in total. The number of ether oxygens (including phenoxy) is 2. The van der Waals surface area contributed by atoms with E-state index in [1.165, 1.54) is 12.8 Å². The van der Waals surface area contributed by atoms with Crippen LogP contribution < -0.4 is 20.5 Å². The van der Waals surface area contributed by atoms with Gasteiger partial charge in [-0.3, -0.25) is 9.59 Å². The number of carboxylic acid groups (broad SMARTS) is 1. The second-order valence-electron chi connectivity index (χ2n) is 17.3. The molecule has 0 bridgehead atoms. The molecule has 2 aromatic heterocycles. The van der Waals surface area contributed by atoms with E-state index in [2.05, 4.69) is 90.9 Å². The molecule has 0 saturated heterocycles. The third kappa shape index (κ3) is 22.9. The maximum Gasteiger partial charge on any atom is 0.303 e. The highest BCUT2D eigenvalue weighted by Gasteiger charge is 2.22. The molecule has 0 aliphatic carbocycles. The van der Waals surface area contributed by atoms with Crippen LogP contribution in [0.5, 0.6) is 11.5 Å². The second kappa shape index (κ2) is 31.3. The van der Waals surface area contributed by atoms with Gasteiger partial charge in [0.15, 0.2) is 11.2 Å². The lowest BCUT2D eigenvalue weighted by molar-refractivity contribution is -0.137. The molecule has 0 spiro atoms. The molecular weight excluding hydrogens is 815 g/mol. The van der Waals surface area contributed by atoms with Gasteiger partial charge in [-0.25, -0.2) is 0 Å². The molecule has 0 aliphatic rings. The number of nitrogens with two attached hydrogens (primary N) is 1. The number of alkyl halides is 2. The van der Waals surface area contributed by atoms with Gasteiger partial charge < -0.3 is 34.7 Å². The number of carbonyl (C=O) groups excluding carboxylic acids is 1. The topological polar surface area (TPSA) is 163 Å². The van der Waals surface area contributed by atoms with Crippen LogP contribution in [0.15, 0.2) is 33.3 Å². The van der Waals surface area contributed by atoms with Crippen molar-refractivity contribution < 1.29 is 33.2 Å². The minimum atomic E-state index is -0.801. The Hall–Kier alpha value is -3.54. The number of benzene rings is 2. The number of fused-ring (bicyclic) bond motifs is 2. The van der Waals surface area contributed by atoms with Gasteiger partial charge in [-0.05, 0) is 93.0 Å². The van der Waals surface area contributed by atoms with E-state index in [9.17, 15) is 9.59 Å². The second-order valence-corrected chi connectivity index (χ2v) is 18.1. The van der Waals surface area contributed by atoms with Crippen LogP contribution >= 0.6 is 23.2 Å². The molecule has 348 valence electrons. The minimum absolute atomic E-state index is 0. The molecule has 0 radical (unpaired) electrons. The van der Waals surface area contributed by atoms with Gasteiger partial charge in [0, 0.05) is 41.3 Å². The summed E-state index contributed by atoms with van der Waals surface area (Å²) < 4.78 is 23.2. The number of halogens is 2. The van der Waals surface area contributed by atoms with Crippen molar-refractivity contribution in [3.05, 3.63) is 46.8 Å². The van der Waals surface area contributed by atoms with E-state index in [1.807, 2.05) is 18.2 Å². The molecule has 2 heterocycles. The molecule has 2 aromatic carbocycles. The average molecular weight is 896 g/mol. The summed E-state index contributed by atoms with van der Waals surface area (Å²) in [5, 5.41) is 22.6. The molecule has 13 heteroatoms. The lowest BCUT2D eigenvalue weighted by Crippen LogP contribution is -2.24. The zero-order valence-electron chi connectivity index (χ0n) is 38.4. The molecule has 4 aromatic rings. The van der Waals surface area contributed by atoms with Crippen LogP contribution in [-0.4, -0.2) is 58.9 Å². The molecule has 0 fully saturated rings. The van der Waals surface area contributed by atoms with Crippen LogP contribution in [0.2, 0.25) is 0 Å². The van der Waals surface area contributed by atoms with Crippen LogP contribution in [0.25, 0.3) is 21.9 Å². The Kier molecular flexibility index (Phi) is 29.5. The highest BCUT2D eigenvalue weighted by atomic mass is 35.5. The van der Waals surface area contributed by atoms with Gasteiger partial charge in [-0.15, -0.1) is 23.2 Å². The van der Waals surface area contributed by atoms with Crippen LogP contribution in [-0.2, 0) is 35.3 Å². The highest BCUT2D eigenvalue weighted by molar-refractivity contribution is 6.40. The largest absolute Gasteiger partial charge is 0.493 e. The fourth-order valence-electron chi connectivity index (χ4n) is 6.20. The number of aliphatic carboxylic acids is 1. The van der Waals surface area contributed by atoms with E-state index >= 15 is 0 Å². The Balaban J connectivity index is 0.000000996. The molecule has 0 aliphatic heterocycles. The van der Waals surface area contributed by atoms with Crippen molar-refractivity contribution in [2.24, 2.45) is 16.6 Å². The summed E-state index contributed by atoms with van der Waals surface area (Å²) in [5.41, 5.74) is 11.2. The van der Waals surface area contributed by atoms with E-state index in [0.717, 1.165) is 120 Å². The molecule has 0 atom stereocenters. The molecule has 1 amide bonds. The normalized spacial score (nSPS) is 11.0. The number of unbranched alkanes of at least 4 members (excludes halogenated alkanes) is 2. The standard InChI is InChI=1S/C23H36N2O3.C19H27NO4.C4H11N.CH2Cl2.CH4/c1-6-8-14-24-21(26)11-9-15-27-20-13-12-17-19(16-23(3,4)5)25-28-22(17)18(20)10-7-2;1-5-7-14-16(23-11-6-8-17(21)22)10-9-13-15(12-19(2,3)4)20-24-18(13)14;1-2-3-4-5;2-1-3;/h12-13H,6-11,14-16H2,1-5H3,(H,24,26);9-10H,5-8,11-12H2,1-4H3,(H,21,22);2-5H2,1H3;1H2;1H4. The SMILES string of the molecule is C.CCCCN.CCCCNC(=O)CCCOc1ccc2c(CC(C)(C)C)noc2c1CCC.CCCc1c(OCCCC(=O)O)ccc2c(CC(C)(C)C)noc12.ClCCl. The fourth-order valence-corrected chi connectivity index (χ4v) is 6.20. The van der Waals surface area contributed by atoms with Gasteiger partial charge in [-0.2, -0.15) is 0 Å². The first-order chi connectivity index (χ1) is 28.5. The summed E-state index contributed by atoms with van der Waals surface area (Å²) in [6.45, 7) is 24.2. The number of aryl methyl sites for hydroxylation is 2. The zero-order chi connectivity index (χ0) is 45.1. The van der Waals surface area contributed by atoms with Gasteiger partial charge in [0.2, 0.25) is 5.91 Å². The third-order valence-corrected chi connectivity index (χ3v) is 8.96. The number of nitrogens with one attached hydrogen (secondary N) is 1. The van der Waals surface area contributed by atoms with E-state index < -0.39 is 5.97 Å². The summed E-state index contributed by atoms with van der Waals surface area (Å²) in [6, 6.07) is 8.03. The average Bonchev–Trinajstić information content (AvgIpc) is 3.76. The Morgan fingerprint density at radius 2 is 1.13 bits per heavy atom. The van der Waals surface area contributed by atoms with Gasteiger partial charge in [0.25, 0.3) is 0 Å². The number of hydrogen-bond acceptors (Lipinski definition) is 9. The van der Waals surface area contributed by atoms with Crippen LogP contribution in [0.4, 0.5) is 0 Å². The van der Waals surface area contributed by atoms with Gasteiger partial charge in [-0.1, -0.05) is 113 Å². The predicted molar refractivity (Wildman–Crippen MR) is 255 cm³/mol. The van der Waals surface area contributed by atoms with Crippen LogP contribution in [0.1, 0.15) is 163 Å². The molecule has 61 heavy (non-hydrogen) atoms. The highest BCUT2D eigenvalue weighted by Crippen LogP contribution is 2.35. The number of rotatable bonds is 21. The summed E-state index contributed by atoms with van der Waals surface area (Å²) >= 11 is 9.53. The lowest BCUT2D eigenvalue weighted by atomic mass is 9.89. The van der Waals surface area contributed by atoms with E-state index in [1.54, 1.807) is 0 Å². The number of carbonyl (C=O) groups is 2. The predicted octanol–water partition coefficient (Wildman–Crippen LogP) is 12.9. The van der Waals surface area contributed by atoms with Crippen molar-refractivity contribution in [3.63, 3.8) is 0 Å². The number of nitrogens with zero attached hydrogens (tertiary/aromatic N) is 2. The monoisotopic (exact) mass is 895 g/mol. The van der Waals surface area contributed by atoms with E-state index in [0.29, 0.717) is 32.5 Å². The van der Waals surface area contributed by atoms with Gasteiger partial charge in [0.05, 0.1) is 29.9 Å². The maximum absolute atomic E-state index is 11.8. The Morgan fingerprint density at radius 1 is 0.705 bits per heavy atom. The van der Waals surface area contributed by atoms with E-state index in [-0.39, 0.29) is 35.9 Å². The van der Waals surface area contributed by atoms with E-state index in [4.69, 9.17) is 52.6 Å². The zero-order valence-corrected chi connectivity index (χ0v) is 39.9. The molecular formula is C48H80Cl2N4O7. The minimum Gasteiger partial charge on any atom is -0.493 e. The first-order valence-electron chi connectivity index (χ1n) is 21.9. The van der Waals surface area contributed by atoms with Crippen molar-refractivity contribution in [1.29, 1.82) is 0 Å². The van der Waals surface area contributed by atoms with Crippen molar-refractivity contribution in [2.75, 3.05) is 31.6 Å². The summed E-state index contributed by atoms with van der Waals surface area (Å²) in [4.78, 5) is 22.4. The first-order valence-corrected chi connectivity index (χ1v) is 22.9. The maximum atomic E-state index is 11.8. The number of amides is 1. The van der Waals surface area contributed by atoms with Gasteiger partial charge in [0.1, 0.15) is 11.5 Å². The molecule has 0 saturated carbocycles. The Labute approximate surface area is 377 Å². The third-order valence-electron chi connectivity index (χ3n) is 8.96. The number of hydrogen-bond donors (Lipinski definition) is 3. The molecule has 11 nitrogen and oxygen atoms in total. The number of carboxylic acids is 1. The molecule has 0 unspecified atom stereocenters. The Morgan fingerprint density at radius 3 is 1.48 bits per heavy atom. The Bertz CT molecular complexity index is 1790. The van der Waals surface area contributed by atoms with Crippen molar-refractivity contribution in [2.45, 2.75) is 167 Å². The van der Waals surface area contributed by atoms with Crippen LogP contribution in [0.3, 0.4) is 0 Å². The lowest BCUT2D eigenvalue weighted by Gasteiger charge is -2.16.